The van der Waals surface area contributed by atoms with Crippen LogP contribution in [0, 0.1) is 6.92 Å². The fraction of sp³-hybridized carbons (Fsp3) is 0.333. The Morgan fingerprint density at radius 1 is 1.25 bits per heavy atom. The largest absolute Gasteiger partial charge is 0.309 e. The van der Waals surface area contributed by atoms with Gasteiger partial charge in [0.1, 0.15) is 0 Å². The van der Waals surface area contributed by atoms with Crippen LogP contribution in [0.4, 0.5) is 0 Å². The van der Waals surface area contributed by atoms with Crippen molar-refractivity contribution in [3.05, 3.63) is 54.1 Å². The highest BCUT2D eigenvalue weighted by molar-refractivity contribution is 9.10. The van der Waals surface area contributed by atoms with Crippen LogP contribution in [-0.2, 0) is 6.42 Å². The molecule has 1 nitrogen and oxygen atoms in total. The number of thiophene rings is 1. The summed E-state index contributed by atoms with van der Waals surface area (Å²) in [5.41, 5.74) is 1.19. The van der Waals surface area contributed by atoms with E-state index < -0.39 is 0 Å². The average Bonchev–Trinajstić information content (AvgIpc) is 2.73. The van der Waals surface area contributed by atoms with Gasteiger partial charge in [-0.25, -0.2) is 0 Å². The van der Waals surface area contributed by atoms with E-state index in [0.29, 0.717) is 16.1 Å². The van der Waals surface area contributed by atoms with Crippen molar-refractivity contribution in [2.75, 3.05) is 6.54 Å². The first-order valence-electron chi connectivity index (χ1n) is 6.44. The van der Waals surface area contributed by atoms with Crippen molar-refractivity contribution < 1.29 is 0 Å². The molecule has 20 heavy (non-hydrogen) atoms. The molecule has 1 heterocycles. The van der Waals surface area contributed by atoms with Gasteiger partial charge in [-0.15, -0.1) is 11.3 Å². The Hall–Kier alpha value is -0.0600. The first-order chi connectivity index (χ1) is 9.51. The third kappa shape index (κ3) is 3.99. The Morgan fingerprint density at radius 2 is 2.00 bits per heavy atom. The van der Waals surface area contributed by atoms with Crippen LogP contribution in [0.1, 0.15) is 28.3 Å². The Kier molecular flexibility index (Phi) is 5.94. The summed E-state index contributed by atoms with van der Waals surface area (Å²) in [5, 5.41) is 4.75. The quantitative estimate of drug-likeness (QED) is 0.655. The van der Waals surface area contributed by atoms with Crippen molar-refractivity contribution in [2.24, 2.45) is 0 Å². The van der Waals surface area contributed by atoms with Gasteiger partial charge in [-0.1, -0.05) is 36.2 Å². The molecule has 108 valence electrons. The molecular formula is C15H16BrCl2NS. The summed E-state index contributed by atoms with van der Waals surface area (Å²) < 4.78 is 1.18. The van der Waals surface area contributed by atoms with E-state index in [1.54, 1.807) is 0 Å². The molecule has 0 spiro atoms. The predicted octanol–water partition coefficient (Wildman–Crippen LogP) is 6.02. The van der Waals surface area contributed by atoms with Crippen LogP contribution in [0.25, 0.3) is 0 Å². The maximum Gasteiger partial charge on any atom is 0.0595 e. The third-order valence-electron chi connectivity index (χ3n) is 3.09. The zero-order chi connectivity index (χ0) is 14.7. The lowest BCUT2D eigenvalue weighted by atomic mass is 10.0. The minimum Gasteiger partial charge on any atom is -0.309 e. The predicted molar refractivity (Wildman–Crippen MR) is 93.3 cm³/mol. The Labute approximate surface area is 142 Å². The highest BCUT2D eigenvalue weighted by Crippen LogP contribution is 2.33. The molecule has 1 aromatic carbocycles. The maximum atomic E-state index is 6.09. The van der Waals surface area contributed by atoms with Gasteiger partial charge in [0.15, 0.2) is 0 Å². The SMILES string of the molecule is CCNC(Cc1ccc(Cl)c(Cl)c1)c1cc(Br)c(C)s1. The number of halogens is 3. The fourth-order valence-electron chi connectivity index (χ4n) is 2.08. The van der Waals surface area contributed by atoms with Crippen molar-refractivity contribution in [3.8, 4) is 0 Å². The molecule has 1 N–H and O–H groups in total. The molecule has 0 radical (unpaired) electrons. The van der Waals surface area contributed by atoms with Crippen LogP contribution >= 0.6 is 50.5 Å². The average molecular weight is 393 g/mol. The third-order valence-corrected chi connectivity index (χ3v) is 6.08. The van der Waals surface area contributed by atoms with Crippen LogP contribution in [0.15, 0.2) is 28.7 Å². The van der Waals surface area contributed by atoms with E-state index in [4.69, 9.17) is 23.2 Å². The van der Waals surface area contributed by atoms with Gasteiger partial charge in [-0.3, -0.25) is 0 Å². The number of aryl methyl sites for hydroxylation is 1. The second kappa shape index (κ2) is 7.28. The molecule has 0 saturated heterocycles. The molecule has 1 aromatic heterocycles. The van der Waals surface area contributed by atoms with Crippen molar-refractivity contribution >= 4 is 50.5 Å². The summed E-state index contributed by atoms with van der Waals surface area (Å²) in [6.45, 7) is 5.18. The summed E-state index contributed by atoms with van der Waals surface area (Å²) in [6.07, 6.45) is 0.900. The molecule has 0 amide bonds. The standard InChI is InChI=1S/C15H16BrCl2NS/c1-3-19-14(15-8-11(16)9(2)20-15)7-10-4-5-12(17)13(18)6-10/h4-6,8,14,19H,3,7H2,1-2H3. The highest BCUT2D eigenvalue weighted by Gasteiger charge is 2.15. The van der Waals surface area contributed by atoms with Crippen LogP contribution in [0.5, 0.6) is 0 Å². The van der Waals surface area contributed by atoms with Gasteiger partial charge in [-0.05, 0) is 59.6 Å². The van der Waals surface area contributed by atoms with Crippen LogP contribution < -0.4 is 5.32 Å². The second-order valence-corrected chi connectivity index (χ2v) is 7.57. The smallest absolute Gasteiger partial charge is 0.0595 e. The van der Waals surface area contributed by atoms with Gasteiger partial charge in [-0.2, -0.15) is 0 Å². The molecule has 0 saturated carbocycles. The summed E-state index contributed by atoms with van der Waals surface area (Å²) in [7, 11) is 0. The zero-order valence-corrected chi connectivity index (χ0v) is 15.3. The van der Waals surface area contributed by atoms with Gasteiger partial charge < -0.3 is 5.32 Å². The van der Waals surface area contributed by atoms with Gasteiger partial charge in [0, 0.05) is 20.3 Å². The summed E-state index contributed by atoms with van der Waals surface area (Å²) in [5.74, 6) is 0. The van der Waals surface area contributed by atoms with Crippen LogP contribution in [0.3, 0.4) is 0 Å². The molecule has 2 rings (SSSR count). The minimum absolute atomic E-state index is 0.298. The number of benzene rings is 1. The van der Waals surface area contributed by atoms with Gasteiger partial charge >= 0.3 is 0 Å². The molecule has 1 unspecified atom stereocenters. The van der Waals surface area contributed by atoms with E-state index in [1.807, 2.05) is 29.5 Å². The zero-order valence-electron chi connectivity index (χ0n) is 11.3. The van der Waals surface area contributed by atoms with Gasteiger partial charge in [0.25, 0.3) is 0 Å². The number of hydrogen-bond donors (Lipinski definition) is 1. The normalized spacial score (nSPS) is 12.7. The number of nitrogens with one attached hydrogen (secondary N) is 1. The molecule has 2 aromatic rings. The Bertz CT molecular complexity index is 578. The second-order valence-electron chi connectivity index (χ2n) is 4.62. The first kappa shape index (κ1) is 16.3. The number of hydrogen-bond acceptors (Lipinski definition) is 2. The molecular weight excluding hydrogens is 377 g/mol. The van der Waals surface area contributed by atoms with E-state index >= 15 is 0 Å². The molecule has 0 aliphatic heterocycles. The van der Waals surface area contributed by atoms with E-state index in [0.717, 1.165) is 13.0 Å². The lowest BCUT2D eigenvalue weighted by molar-refractivity contribution is 0.558. The van der Waals surface area contributed by atoms with Crippen molar-refractivity contribution in [1.29, 1.82) is 0 Å². The van der Waals surface area contributed by atoms with Crippen LogP contribution in [0.2, 0.25) is 10.0 Å². The summed E-state index contributed by atoms with van der Waals surface area (Å²) in [4.78, 5) is 2.64. The highest BCUT2D eigenvalue weighted by atomic mass is 79.9. The monoisotopic (exact) mass is 391 g/mol. The minimum atomic E-state index is 0.298. The van der Waals surface area contributed by atoms with Crippen LogP contribution in [-0.4, -0.2) is 6.54 Å². The van der Waals surface area contributed by atoms with Crippen molar-refractivity contribution in [3.63, 3.8) is 0 Å². The van der Waals surface area contributed by atoms with Gasteiger partial charge in [0.05, 0.1) is 10.0 Å². The number of likely N-dealkylation sites (N-methyl/N-ethyl adjacent to an activating group) is 1. The molecule has 0 bridgehead atoms. The molecule has 0 aliphatic rings. The molecule has 0 aliphatic carbocycles. The molecule has 1 atom stereocenters. The van der Waals surface area contributed by atoms with E-state index in [-0.39, 0.29) is 0 Å². The van der Waals surface area contributed by atoms with E-state index in [9.17, 15) is 0 Å². The lowest BCUT2D eigenvalue weighted by Crippen LogP contribution is -2.22. The van der Waals surface area contributed by atoms with E-state index in [2.05, 4.69) is 41.2 Å². The Balaban J connectivity index is 2.22. The first-order valence-corrected chi connectivity index (χ1v) is 8.81. The fourth-order valence-corrected chi connectivity index (χ4v) is 4.03. The topological polar surface area (TPSA) is 12.0 Å². The summed E-state index contributed by atoms with van der Waals surface area (Å²) >= 11 is 17.5. The molecule has 0 fully saturated rings. The van der Waals surface area contributed by atoms with Crippen molar-refractivity contribution in [2.45, 2.75) is 26.3 Å². The number of rotatable bonds is 5. The van der Waals surface area contributed by atoms with E-state index in [1.165, 1.54) is 19.8 Å². The maximum absolute atomic E-state index is 6.09. The van der Waals surface area contributed by atoms with Gasteiger partial charge in [0.2, 0.25) is 0 Å². The summed E-state index contributed by atoms with van der Waals surface area (Å²) in [6, 6.07) is 8.34. The van der Waals surface area contributed by atoms with Crippen molar-refractivity contribution in [1.82, 2.24) is 5.32 Å². The molecule has 5 heteroatoms. The Morgan fingerprint density at radius 3 is 2.55 bits per heavy atom. The lowest BCUT2D eigenvalue weighted by Gasteiger charge is -2.17.